The summed E-state index contributed by atoms with van der Waals surface area (Å²) in [6.45, 7) is 3.96. The number of nitrogens with zero attached hydrogens (tertiary/aromatic N) is 2. The zero-order valence-electron chi connectivity index (χ0n) is 40.1. The van der Waals surface area contributed by atoms with E-state index < -0.39 is 42.2 Å². The Hall–Kier alpha value is -8.23. The maximum atomic E-state index is 12.8. The van der Waals surface area contributed by atoms with Crippen molar-refractivity contribution in [3.8, 4) is 0 Å². The third-order valence-electron chi connectivity index (χ3n) is 10.4. The van der Waals surface area contributed by atoms with Crippen molar-refractivity contribution in [3.63, 3.8) is 0 Å². The predicted octanol–water partition coefficient (Wildman–Crippen LogP) is 9.08. The number of carbonyl (C=O) groups excluding carboxylic acids is 5. The van der Waals surface area contributed by atoms with Gasteiger partial charge in [0, 0.05) is 25.5 Å². The molecule has 4 heterocycles. The number of aryl methyl sites for hydroxylation is 2. The van der Waals surface area contributed by atoms with Crippen LogP contribution in [0, 0.1) is 13.8 Å². The first-order valence-corrected chi connectivity index (χ1v) is 24.3. The number of rotatable bonds is 17. The van der Waals surface area contributed by atoms with Gasteiger partial charge >= 0.3 is 30.1 Å². The summed E-state index contributed by atoms with van der Waals surface area (Å²) in [5, 5.41) is 16.4. The highest BCUT2D eigenvalue weighted by atomic mass is 35.5. The van der Waals surface area contributed by atoms with Crippen molar-refractivity contribution in [1.82, 2.24) is 25.9 Å². The summed E-state index contributed by atoms with van der Waals surface area (Å²) >= 11 is 2.59. The van der Waals surface area contributed by atoms with Crippen molar-refractivity contribution >= 4 is 91.5 Å². The van der Waals surface area contributed by atoms with Gasteiger partial charge in [0.1, 0.15) is 43.4 Å². The Morgan fingerprint density at radius 1 is 0.541 bits per heavy atom. The molecular weight excluding hydrogens is 1010 g/mol. The summed E-state index contributed by atoms with van der Waals surface area (Å²) in [7, 11) is 0. The Bertz CT molecular complexity index is 3090. The molecule has 4 aromatic carbocycles. The molecule has 0 radical (unpaired) electrons. The number of aromatic carboxylic acids is 1. The van der Waals surface area contributed by atoms with E-state index in [1.54, 1.807) is 24.5 Å². The van der Waals surface area contributed by atoms with E-state index in [9.17, 15) is 28.8 Å². The van der Waals surface area contributed by atoms with E-state index in [-0.39, 0.29) is 57.8 Å². The zero-order valence-corrected chi connectivity index (χ0v) is 42.6. The van der Waals surface area contributed by atoms with Gasteiger partial charge < -0.3 is 45.7 Å². The first-order valence-electron chi connectivity index (χ1n) is 22.6. The second-order valence-corrected chi connectivity index (χ2v) is 18.0. The number of alkyl carbamates (subject to hydrolysis) is 2. The molecule has 0 bridgehead atoms. The van der Waals surface area contributed by atoms with Crippen LogP contribution in [0.2, 0.25) is 0 Å². The lowest BCUT2D eigenvalue weighted by molar-refractivity contribution is -0.148. The van der Waals surface area contributed by atoms with Crippen molar-refractivity contribution in [3.05, 3.63) is 201 Å². The van der Waals surface area contributed by atoms with Gasteiger partial charge in [-0.3, -0.25) is 14.8 Å². The van der Waals surface area contributed by atoms with Gasteiger partial charge in [-0.05, 0) is 71.5 Å². The number of carboxylic acid groups (broad SMARTS) is 1. The zero-order chi connectivity index (χ0) is 52.0. The molecule has 0 aliphatic heterocycles. The lowest BCUT2D eigenvalue weighted by Gasteiger charge is -2.18. The van der Waals surface area contributed by atoms with Crippen molar-refractivity contribution in [2.75, 3.05) is 13.1 Å². The Morgan fingerprint density at radius 2 is 0.905 bits per heavy atom. The number of carboxylic acids is 1. The second kappa shape index (κ2) is 29.3. The minimum Gasteiger partial charge on any atom is -0.477 e. The third-order valence-corrected chi connectivity index (χ3v) is 12.9. The number of aromatic nitrogens is 2. The average molecular weight is 1060 g/mol. The van der Waals surface area contributed by atoms with E-state index in [2.05, 4.69) is 25.9 Å². The lowest BCUT2D eigenvalue weighted by atomic mass is 10.2. The Kier molecular flexibility index (Phi) is 22.5. The van der Waals surface area contributed by atoms with Gasteiger partial charge in [-0.15, -0.1) is 35.1 Å². The molecule has 0 unspecified atom stereocenters. The fraction of sp³-hybridized carbons (Fsp3) is 0.185. The molecule has 0 aliphatic carbocycles. The summed E-state index contributed by atoms with van der Waals surface area (Å²) in [5.41, 5.74) is 12.4. The van der Waals surface area contributed by atoms with E-state index in [0.29, 0.717) is 9.75 Å². The summed E-state index contributed by atoms with van der Waals surface area (Å²) in [6, 6.07) is 41.8. The molecular formula is C54H53ClN6O11S2. The molecule has 4 aromatic heterocycles. The van der Waals surface area contributed by atoms with Crippen LogP contribution in [0.1, 0.15) is 52.7 Å². The number of fused-ring (bicyclic) bond motifs is 2. The van der Waals surface area contributed by atoms with Crippen LogP contribution in [-0.4, -0.2) is 76.2 Å². The number of nitrogens with two attached hydrogens (primary N) is 1. The van der Waals surface area contributed by atoms with Gasteiger partial charge in [-0.2, -0.15) is 0 Å². The lowest BCUT2D eigenvalue weighted by Crippen LogP contribution is -2.49. The highest BCUT2D eigenvalue weighted by Crippen LogP contribution is 2.27. The number of ether oxygens (including phenoxy) is 4. The topological polar surface area (TPSA) is 247 Å². The van der Waals surface area contributed by atoms with E-state index in [4.69, 9.17) is 29.8 Å². The number of esters is 2. The number of carbonyl (C=O) groups is 6. The molecule has 2 atom stereocenters. The van der Waals surface area contributed by atoms with Gasteiger partial charge in [-0.25, -0.2) is 24.0 Å². The first-order chi connectivity index (χ1) is 35.4. The van der Waals surface area contributed by atoms with Gasteiger partial charge in [0.2, 0.25) is 0 Å². The first kappa shape index (κ1) is 56.7. The Labute approximate surface area is 440 Å². The molecule has 0 fully saturated rings. The summed E-state index contributed by atoms with van der Waals surface area (Å²) in [4.78, 5) is 81.6. The molecule has 8 aromatic rings. The van der Waals surface area contributed by atoms with Crippen LogP contribution in [-0.2, 0) is 55.0 Å². The molecule has 17 nitrogen and oxygen atoms in total. The second-order valence-electron chi connectivity index (χ2n) is 15.9. The largest absolute Gasteiger partial charge is 0.477 e. The van der Waals surface area contributed by atoms with Gasteiger partial charge in [0.15, 0.2) is 0 Å². The van der Waals surface area contributed by atoms with Crippen LogP contribution < -0.4 is 21.7 Å². The minimum atomic E-state index is -1.14. The maximum absolute atomic E-state index is 12.8. The van der Waals surface area contributed by atoms with E-state index in [0.717, 1.165) is 53.8 Å². The number of amides is 3. The third kappa shape index (κ3) is 17.8. The number of hydrogen-bond donors (Lipinski definition) is 5. The molecule has 0 spiro atoms. The highest BCUT2D eigenvalue weighted by molar-refractivity contribution is 7.21. The molecule has 384 valence electrons. The highest BCUT2D eigenvalue weighted by Gasteiger charge is 2.25. The fourth-order valence-electron chi connectivity index (χ4n) is 6.51. The van der Waals surface area contributed by atoms with Crippen LogP contribution in [0.4, 0.5) is 9.59 Å². The number of nitrogens with one attached hydrogen (secondary N) is 3. The molecule has 0 saturated carbocycles. The van der Waals surface area contributed by atoms with Gasteiger partial charge in [0.25, 0.3) is 5.91 Å². The normalized spacial score (nSPS) is 11.1. The monoisotopic (exact) mass is 1060 g/mol. The van der Waals surface area contributed by atoms with Gasteiger partial charge in [0.05, 0.1) is 25.3 Å². The van der Waals surface area contributed by atoms with Crippen LogP contribution in [0.25, 0.3) is 20.4 Å². The Morgan fingerprint density at radius 3 is 1.30 bits per heavy atom. The van der Waals surface area contributed by atoms with Crippen molar-refractivity contribution in [1.29, 1.82) is 0 Å². The summed E-state index contributed by atoms with van der Waals surface area (Å²) < 4.78 is 22.7. The fourth-order valence-corrected chi connectivity index (χ4v) is 8.43. The predicted molar refractivity (Wildman–Crippen MR) is 284 cm³/mol. The SMILES string of the molecule is Cc1ccnc2cc(C(=O)NC[C@@H](NC(=O)OCc3ccccc3)C(=O)OCc3ccccc3)sc12.Cc1ccnc2cc(C(=O)O)sc12.Cl.NC[C@@H](NC(=O)OCc1ccccc1)C(=O)OCc1ccccc1. The van der Waals surface area contributed by atoms with E-state index >= 15 is 0 Å². The van der Waals surface area contributed by atoms with E-state index in [1.165, 1.54) is 22.7 Å². The molecule has 3 amide bonds. The molecule has 8 rings (SSSR count). The summed E-state index contributed by atoms with van der Waals surface area (Å²) in [5.74, 6) is -2.55. The molecule has 6 N–H and O–H groups in total. The van der Waals surface area contributed by atoms with Crippen molar-refractivity contribution in [2.45, 2.75) is 52.4 Å². The number of pyridine rings is 2. The molecule has 74 heavy (non-hydrogen) atoms. The number of benzene rings is 4. The number of thiophene rings is 2. The molecule has 20 heteroatoms. The number of hydrogen-bond acceptors (Lipinski definition) is 15. The molecule has 0 aliphatic rings. The minimum absolute atomic E-state index is 0. The van der Waals surface area contributed by atoms with Crippen LogP contribution in [0.3, 0.4) is 0 Å². The Balaban J connectivity index is 0.000000228. The van der Waals surface area contributed by atoms with Crippen molar-refractivity contribution < 1.29 is 52.8 Å². The standard InChI is InChI=1S/C27H25N3O5S.C18H20N2O4.C9H7NO2S.ClH/c1-18-12-13-28-21-14-23(36-24(18)21)25(31)29-15-22(26(32)34-16-19-8-4-2-5-9-19)30-27(33)35-17-20-10-6-3-7-11-20;19-11-16(17(21)23-12-14-7-3-1-4-8-14)20-18(22)24-13-15-9-5-2-6-10-15;1-5-2-3-10-6-4-7(9(11)12)13-8(5)6;/h2-14,22H,15-17H2,1H3,(H,29,31)(H,30,33);1-10,16H,11-13,19H2,(H,20,22);2-4H,1H3,(H,11,12);1H/t22-;16-;;/m11../s1. The molecule has 0 saturated heterocycles. The quantitative estimate of drug-likeness (QED) is 0.0422. The number of halogens is 1. The smallest absolute Gasteiger partial charge is 0.408 e. The van der Waals surface area contributed by atoms with Gasteiger partial charge in [-0.1, -0.05) is 121 Å². The van der Waals surface area contributed by atoms with Crippen LogP contribution in [0.15, 0.2) is 158 Å². The summed E-state index contributed by atoms with van der Waals surface area (Å²) in [6.07, 6.45) is 1.87. The average Bonchev–Trinajstić information content (AvgIpc) is 4.08. The van der Waals surface area contributed by atoms with Crippen molar-refractivity contribution in [2.24, 2.45) is 5.73 Å². The maximum Gasteiger partial charge on any atom is 0.408 e. The van der Waals surface area contributed by atoms with Crippen LogP contribution >= 0.6 is 35.1 Å². The van der Waals surface area contributed by atoms with Crippen LogP contribution in [0.5, 0.6) is 0 Å². The van der Waals surface area contributed by atoms with E-state index in [1.807, 2.05) is 147 Å².